The van der Waals surface area contributed by atoms with Crippen LogP contribution in [0.15, 0.2) is 30.3 Å². The predicted molar refractivity (Wildman–Crippen MR) is 68.8 cm³/mol. The molecule has 0 unspecified atom stereocenters. The summed E-state index contributed by atoms with van der Waals surface area (Å²) in [4.78, 5) is 22.0. The minimum absolute atomic E-state index is 0.0532. The second kappa shape index (κ2) is 7.12. The van der Waals surface area contributed by atoms with Crippen LogP contribution in [0, 0.1) is 5.92 Å². The van der Waals surface area contributed by atoms with E-state index in [2.05, 4.69) is 0 Å². The third-order valence-corrected chi connectivity index (χ3v) is 3.25. The fourth-order valence-electron chi connectivity index (χ4n) is 1.45. The molecule has 1 aromatic rings. The number of carboxylic acids is 1. The summed E-state index contributed by atoms with van der Waals surface area (Å²) >= 11 is 1.25. The van der Waals surface area contributed by atoms with Gasteiger partial charge >= 0.3 is 5.97 Å². The second-order valence-electron chi connectivity index (χ2n) is 4.05. The quantitative estimate of drug-likeness (QED) is 0.845. The zero-order valence-corrected chi connectivity index (χ0v) is 10.6. The van der Waals surface area contributed by atoms with Crippen LogP contribution in [0.3, 0.4) is 0 Å². The van der Waals surface area contributed by atoms with Crippen molar-refractivity contribution in [2.75, 3.05) is 0 Å². The highest BCUT2D eigenvalue weighted by atomic mass is 32.2. The topological polar surface area (TPSA) is 54.4 Å². The summed E-state index contributed by atoms with van der Waals surface area (Å²) in [6.07, 6.45) is 0.376. The molecule has 0 saturated heterocycles. The first-order valence-corrected chi connectivity index (χ1v) is 6.48. The standard InChI is InChI=1S/C13H16O3S/c1-10(7-12(14)15)8-13(16)17-9-11-5-3-2-4-6-11/h2-6,10H,7-9H2,1H3,(H,14,15)/t10-/m1/s1. The molecule has 1 atom stereocenters. The van der Waals surface area contributed by atoms with Crippen molar-refractivity contribution in [3.05, 3.63) is 35.9 Å². The first-order valence-electron chi connectivity index (χ1n) is 5.49. The highest BCUT2D eigenvalue weighted by Gasteiger charge is 2.12. The first-order chi connectivity index (χ1) is 8.08. The third kappa shape index (κ3) is 6.12. The van der Waals surface area contributed by atoms with Gasteiger partial charge in [0.1, 0.15) is 0 Å². The lowest BCUT2D eigenvalue weighted by Gasteiger charge is -2.06. The van der Waals surface area contributed by atoms with Crippen molar-refractivity contribution < 1.29 is 14.7 Å². The number of aliphatic carboxylic acids is 1. The largest absolute Gasteiger partial charge is 0.481 e. The van der Waals surface area contributed by atoms with E-state index >= 15 is 0 Å². The maximum Gasteiger partial charge on any atom is 0.303 e. The van der Waals surface area contributed by atoms with E-state index < -0.39 is 5.97 Å². The molecule has 4 heteroatoms. The van der Waals surface area contributed by atoms with E-state index in [1.165, 1.54) is 11.8 Å². The lowest BCUT2D eigenvalue weighted by atomic mass is 10.1. The van der Waals surface area contributed by atoms with Gasteiger partial charge in [-0.2, -0.15) is 0 Å². The Bertz CT molecular complexity index is 376. The molecule has 0 heterocycles. The van der Waals surface area contributed by atoms with Crippen LogP contribution in [0.1, 0.15) is 25.3 Å². The van der Waals surface area contributed by atoms with Gasteiger partial charge in [-0.3, -0.25) is 9.59 Å². The number of rotatable bonds is 6. The van der Waals surface area contributed by atoms with Gasteiger partial charge < -0.3 is 5.11 Å². The minimum atomic E-state index is -0.849. The lowest BCUT2D eigenvalue weighted by molar-refractivity contribution is -0.138. The van der Waals surface area contributed by atoms with E-state index in [4.69, 9.17) is 5.11 Å². The van der Waals surface area contributed by atoms with Crippen LogP contribution in [0.5, 0.6) is 0 Å². The molecular weight excluding hydrogens is 236 g/mol. The van der Waals surface area contributed by atoms with Crippen LogP contribution in [-0.2, 0) is 15.3 Å². The Hall–Kier alpha value is -1.29. The Kier molecular flexibility index (Phi) is 5.77. The number of carbonyl (C=O) groups excluding carboxylic acids is 1. The average molecular weight is 252 g/mol. The van der Waals surface area contributed by atoms with Crippen molar-refractivity contribution >= 4 is 22.8 Å². The van der Waals surface area contributed by atoms with Crippen molar-refractivity contribution in [1.29, 1.82) is 0 Å². The molecule has 0 fully saturated rings. The predicted octanol–water partition coefficient (Wildman–Crippen LogP) is 2.95. The zero-order valence-electron chi connectivity index (χ0n) is 9.76. The van der Waals surface area contributed by atoms with Gasteiger partial charge in [0.2, 0.25) is 0 Å². The molecule has 0 saturated carbocycles. The maximum atomic E-state index is 11.6. The van der Waals surface area contributed by atoms with Gasteiger partial charge in [0.05, 0.1) is 0 Å². The highest BCUT2D eigenvalue weighted by Crippen LogP contribution is 2.18. The van der Waals surface area contributed by atoms with Crippen LogP contribution in [0.2, 0.25) is 0 Å². The van der Waals surface area contributed by atoms with Crippen LogP contribution >= 0.6 is 11.8 Å². The number of carboxylic acid groups (broad SMARTS) is 1. The summed E-state index contributed by atoms with van der Waals surface area (Å²) in [5.41, 5.74) is 1.11. The molecule has 0 aliphatic heterocycles. The van der Waals surface area contributed by atoms with Crippen LogP contribution in [-0.4, -0.2) is 16.2 Å². The van der Waals surface area contributed by atoms with E-state index in [-0.39, 0.29) is 17.5 Å². The Morgan fingerprint density at radius 3 is 2.47 bits per heavy atom. The fraction of sp³-hybridized carbons (Fsp3) is 0.385. The summed E-state index contributed by atoms with van der Waals surface area (Å²) in [6.45, 7) is 1.79. The molecule has 0 aromatic heterocycles. The monoisotopic (exact) mass is 252 g/mol. The van der Waals surface area contributed by atoms with Gasteiger partial charge in [0.25, 0.3) is 0 Å². The molecule has 92 valence electrons. The number of carbonyl (C=O) groups is 2. The van der Waals surface area contributed by atoms with Gasteiger partial charge in [-0.25, -0.2) is 0 Å². The van der Waals surface area contributed by atoms with Crippen molar-refractivity contribution in [2.45, 2.75) is 25.5 Å². The number of hydrogen-bond donors (Lipinski definition) is 1. The molecule has 0 aliphatic carbocycles. The molecular formula is C13H16O3S. The van der Waals surface area contributed by atoms with Crippen molar-refractivity contribution in [1.82, 2.24) is 0 Å². The average Bonchev–Trinajstić information content (AvgIpc) is 2.26. The summed E-state index contributed by atoms with van der Waals surface area (Å²) < 4.78 is 0. The van der Waals surface area contributed by atoms with Gasteiger partial charge in [-0.1, -0.05) is 49.0 Å². The van der Waals surface area contributed by atoms with Gasteiger partial charge in [-0.05, 0) is 11.5 Å². The normalized spacial score (nSPS) is 12.1. The van der Waals surface area contributed by atoms with E-state index in [1.807, 2.05) is 30.3 Å². The number of thioether (sulfide) groups is 1. The molecule has 0 radical (unpaired) electrons. The maximum absolute atomic E-state index is 11.6. The van der Waals surface area contributed by atoms with Crippen molar-refractivity contribution in [3.8, 4) is 0 Å². The highest BCUT2D eigenvalue weighted by molar-refractivity contribution is 8.12. The minimum Gasteiger partial charge on any atom is -0.481 e. The first kappa shape index (κ1) is 13.8. The van der Waals surface area contributed by atoms with Gasteiger partial charge in [0, 0.05) is 18.6 Å². The van der Waals surface area contributed by atoms with Crippen LogP contribution in [0.25, 0.3) is 0 Å². The molecule has 3 nitrogen and oxygen atoms in total. The molecule has 1 rings (SSSR count). The van der Waals surface area contributed by atoms with Crippen molar-refractivity contribution in [2.24, 2.45) is 5.92 Å². The summed E-state index contributed by atoms with van der Waals surface area (Å²) in [7, 11) is 0. The van der Waals surface area contributed by atoms with E-state index in [1.54, 1.807) is 6.92 Å². The Labute approximate surface area is 105 Å². The molecule has 0 bridgehead atoms. The smallest absolute Gasteiger partial charge is 0.303 e. The number of benzene rings is 1. The Morgan fingerprint density at radius 2 is 1.88 bits per heavy atom. The molecule has 0 amide bonds. The lowest BCUT2D eigenvalue weighted by Crippen LogP contribution is -2.08. The van der Waals surface area contributed by atoms with E-state index in [0.717, 1.165) is 5.56 Å². The zero-order chi connectivity index (χ0) is 12.7. The summed E-state index contributed by atoms with van der Waals surface area (Å²) in [5, 5.41) is 8.64. The molecule has 1 aromatic carbocycles. The molecule has 0 aliphatic rings. The van der Waals surface area contributed by atoms with Crippen LogP contribution in [0.4, 0.5) is 0 Å². The fourth-order valence-corrected chi connectivity index (χ4v) is 2.37. The Balaban J connectivity index is 2.28. The number of hydrogen-bond acceptors (Lipinski definition) is 3. The van der Waals surface area contributed by atoms with E-state index in [0.29, 0.717) is 12.2 Å². The molecule has 1 N–H and O–H groups in total. The third-order valence-electron chi connectivity index (χ3n) is 2.28. The van der Waals surface area contributed by atoms with Gasteiger partial charge in [-0.15, -0.1) is 0 Å². The second-order valence-corrected chi connectivity index (χ2v) is 5.09. The summed E-state index contributed by atoms with van der Waals surface area (Å²) in [5.74, 6) is -0.291. The molecule has 0 spiro atoms. The Morgan fingerprint density at radius 1 is 1.24 bits per heavy atom. The van der Waals surface area contributed by atoms with Gasteiger partial charge in [0.15, 0.2) is 5.12 Å². The van der Waals surface area contributed by atoms with E-state index in [9.17, 15) is 9.59 Å². The van der Waals surface area contributed by atoms with Crippen molar-refractivity contribution in [3.63, 3.8) is 0 Å². The SMILES string of the molecule is C[C@H](CC(=O)O)CC(=O)SCc1ccccc1. The summed E-state index contributed by atoms with van der Waals surface area (Å²) in [6, 6.07) is 9.76. The van der Waals surface area contributed by atoms with Crippen LogP contribution < -0.4 is 0 Å². The molecule has 17 heavy (non-hydrogen) atoms.